The highest BCUT2D eigenvalue weighted by Crippen LogP contribution is 2.19. The fourth-order valence-corrected chi connectivity index (χ4v) is 4.65. The minimum Gasteiger partial charge on any atom is -0.445 e. The van der Waals surface area contributed by atoms with E-state index in [2.05, 4.69) is 26.3 Å². The van der Waals surface area contributed by atoms with E-state index < -0.39 is 47.7 Å². The Kier molecular flexibility index (Phi) is 10.8. The number of carbonyl (C=O) groups is 5. The lowest BCUT2D eigenvalue weighted by Crippen LogP contribution is -2.57. The van der Waals surface area contributed by atoms with Crippen LogP contribution in [0.5, 0.6) is 0 Å². The summed E-state index contributed by atoms with van der Waals surface area (Å²) in [7, 11) is 1.33. The first-order valence-corrected chi connectivity index (χ1v) is 14.2. The minimum absolute atomic E-state index is 0.0226. The Morgan fingerprint density at radius 2 is 1.34 bits per heavy atom. The van der Waals surface area contributed by atoms with E-state index >= 15 is 0 Å². The van der Waals surface area contributed by atoms with Gasteiger partial charge in [-0.3, -0.25) is 19.2 Å². The van der Waals surface area contributed by atoms with E-state index in [1.165, 1.54) is 14.0 Å². The lowest BCUT2D eigenvalue weighted by molar-refractivity contribution is -0.140. The summed E-state index contributed by atoms with van der Waals surface area (Å²) in [4.78, 5) is 67.7. The molecule has 4 aromatic rings. The van der Waals surface area contributed by atoms with Gasteiger partial charge in [0, 0.05) is 37.0 Å². The van der Waals surface area contributed by atoms with Crippen LogP contribution in [0.4, 0.5) is 4.79 Å². The van der Waals surface area contributed by atoms with E-state index in [1.807, 2.05) is 48.5 Å². The number of carbonyl (C=O) groups excluding carboxylic acids is 5. The van der Waals surface area contributed by atoms with Crippen molar-refractivity contribution >= 4 is 40.5 Å². The predicted molar refractivity (Wildman–Crippen MR) is 164 cm³/mol. The summed E-state index contributed by atoms with van der Waals surface area (Å²) >= 11 is 0. The number of fused-ring (bicyclic) bond motifs is 1. The Morgan fingerprint density at radius 1 is 0.727 bits per heavy atom. The Bertz CT molecular complexity index is 1600. The zero-order chi connectivity index (χ0) is 31.5. The van der Waals surface area contributed by atoms with Gasteiger partial charge in [0.1, 0.15) is 24.7 Å². The molecule has 4 amide bonds. The summed E-state index contributed by atoms with van der Waals surface area (Å²) in [6.45, 7) is 1.49. The maximum Gasteiger partial charge on any atom is 0.408 e. The molecule has 0 bridgehead atoms. The molecular weight excluding hydrogens is 562 g/mol. The molecule has 3 unspecified atom stereocenters. The number of aromatic nitrogens is 1. The van der Waals surface area contributed by atoms with Gasteiger partial charge in [-0.25, -0.2) is 4.79 Å². The van der Waals surface area contributed by atoms with Gasteiger partial charge in [0.2, 0.25) is 17.6 Å². The van der Waals surface area contributed by atoms with Crippen molar-refractivity contribution in [1.82, 2.24) is 26.3 Å². The van der Waals surface area contributed by atoms with E-state index in [0.717, 1.165) is 27.6 Å². The Hall–Kier alpha value is -5.45. The molecule has 0 aliphatic heterocycles. The molecule has 0 fully saturated rings. The van der Waals surface area contributed by atoms with Crippen LogP contribution in [0.1, 0.15) is 23.6 Å². The third-order valence-electron chi connectivity index (χ3n) is 7.04. The molecule has 44 heavy (non-hydrogen) atoms. The Morgan fingerprint density at radius 3 is 2.02 bits per heavy atom. The molecule has 11 nitrogen and oxygen atoms in total. The number of hydrogen-bond donors (Lipinski definition) is 5. The first kappa shape index (κ1) is 31.5. The van der Waals surface area contributed by atoms with Crippen molar-refractivity contribution in [2.24, 2.45) is 0 Å². The molecule has 3 aromatic carbocycles. The Labute approximate surface area is 254 Å². The van der Waals surface area contributed by atoms with Crippen LogP contribution < -0.4 is 21.3 Å². The lowest BCUT2D eigenvalue weighted by Gasteiger charge is -2.24. The van der Waals surface area contributed by atoms with Crippen LogP contribution in [-0.4, -0.2) is 59.8 Å². The van der Waals surface area contributed by atoms with Gasteiger partial charge in [0.05, 0.1) is 0 Å². The van der Waals surface area contributed by atoms with E-state index in [-0.39, 0.29) is 19.4 Å². The van der Waals surface area contributed by atoms with Crippen LogP contribution in [0, 0.1) is 0 Å². The lowest BCUT2D eigenvalue weighted by atomic mass is 9.99. The number of para-hydroxylation sites is 1. The molecular formula is C33H35N5O6. The smallest absolute Gasteiger partial charge is 0.408 e. The average Bonchev–Trinajstić information content (AvgIpc) is 3.45. The molecule has 1 aromatic heterocycles. The van der Waals surface area contributed by atoms with Gasteiger partial charge in [0.25, 0.3) is 5.91 Å². The van der Waals surface area contributed by atoms with Crippen molar-refractivity contribution in [2.75, 3.05) is 7.05 Å². The molecule has 0 aliphatic carbocycles. The highest BCUT2D eigenvalue weighted by molar-refractivity contribution is 6.38. The van der Waals surface area contributed by atoms with Gasteiger partial charge in [-0.2, -0.15) is 0 Å². The summed E-state index contributed by atoms with van der Waals surface area (Å²) in [6.07, 6.45) is 1.08. The van der Waals surface area contributed by atoms with Crippen LogP contribution in [-0.2, 0) is 43.4 Å². The molecule has 0 radical (unpaired) electrons. The molecule has 0 spiro atoms. The average molecular weight is 598 g/mol. The number of aromatic amines is 1. The quantitative estimate of drug-likeness (QED) is 0.149. The SMILES string of the molecule is CNC(=O)C(=O)C(Cc1ccccc1)NC(=O)C(Cc1c[nH]c2ccccc12)NC(=O)C(C)NC(=O)OCc1ccccc1. The number of benzene rings is 3. The van der Waals surface area contributed by atoms with Gasteiger partial charge < -0.3 is 31.0 Å². The monoisotopic (exact) mass is 597 g/mol. The maximum absolute atomic E-state index is 13.7. The van der Waals surface area contributed by atoms with Crippen molar-refractivity contribution < 1.29 is 28.7 Å². The van der Waals surface area contributed by atoms with Gasteiger partial charge in [-0.05, 0) is 29.7 Å². The molecule has 228 valence electrons. The number of alkyl carbamates (subject to hydrolysis) is 1. The first-order valence-electron chi connectivity index (χ1n) is 14.2. The largest absolute Gasteiger partial charge is 0.445 e. The summed E-state index contributed by atoms with van der Waals surface area (Å²) < 4.78 is 5.21. The molecule has 5 N–H and O–H groups in total. The second-order valence-corrected chi connectivity index (χ2v) is 10.2. The molecule has 3 atom stereocenters. The topological polar surface area (TPSA) is 158 Å². The summed E-state index contributed by atoms with van der Waals surface area (Å²) in [6, 6.07) is 22.2. The standard InChI is InChI=1S/C33H35N5O6/c1-21(36-33(43)44-20-23-13-7-4-8-14-23)30(40)38-28(18-24-19-35-26-16-10-9-15-25(24)26)31(41)37-27(29(39)32(42)34-2)17-22-11-5-3-6-12-22/h3-16,19,21,27-28,35H,17-18,20H2,1-2H3,(H,34,42)(H,36,43)(H,37,41)(H,38,40). The zero-order valence-corrected chi connectivity index (χ0v) is 24.5. The fraction of sp³-hybridized carbons (Fsp3) is 0.242. The third-order valence-corrected chi connectivity index (χ3v) is 7.04. The first-order chi connectivity index (χ1) is 21.2. The number of hydrogen-bond acceptors (Lipinski definition) is 6. The minimum atomic E-state index is -1.18. The Balaban J connectivity index is 1.50. The van der Waals surface area contributed by atoms with Crippen LogP contribution in [0.3, 0.4) is 0 Å². The number of ketones is 1. The van der Waals surface area contributed by atoms with E-state index in [0.29, 0.717) is 0 Å². The van der Waals surface area contributed by atoms with Crippen LogP contribution in [0.2, 0.25) is 0 Å². The normalized spacial score (nSPS) is 12.8. The molecule has 0 saturated heterocycles. The second-order valence-electron chi connectivity index (χ2n) is 10.2. The van der Waals surface area contributed by atoms with Crippen molar-refractivity contribution in [2.45, 2.75) is 44.5 Å². The van der Waals surface area contributed by atoms with Crippen molar-refractivity contribution in [1.29, 1.82) is 0 Å². The number of H-pyrrole nitrogens is 1. The third kappa shape index (κ3) is 8.54. The van der Waals surface area contributed by atoms with Gasteiger partial charge in [-0.15, -0.1) is 0 Å². The van der Waals surface area contributed by atoms with E-state index in [1.54, 1.807) is 42.6 Å². The number of Topliss-reactive ketones (excluding diaryl/α,β-unsaturated/α-hetero) is 1. The second kappa shape index (κ2) is 15.1. The van der Waals surface area contributed by atoms with Gasteiger partial charge in [-0.1, -0.05) is 78.9 Å². The highest BCUT2D eigenvalue weighted by Gasteiger charge is 2.31. The van der Waals surface area contributed by atoms with Crippen LogP contribution >= 0.6 is 0 Å². The summed E-state index contributed by atoms with van der Waals surface area (Å²) in [5, 5.41) is 11.0. The number of rotatable bonds is 13. The number of nitrogens with one attached hydrogen (secondary N) is 5. The van der Waals surface area contributed by atoms with Crippen molar-refractivity contribution in [3.63, 3.8) is 0 Å². The summed E-state index contributed by atoms with van der Waals surface area (Å²) in [5.74, 6) is -2.98. The van der Waals surface area contributed by atoms with Gasteiger partial charge in [0.15, 0.2) is 0 Å². The molecule has 4 rings (SSSR count). The molecule has 1 heterocycles. The number of ether oxygens (including phenoxy) is 1. The molecule has 0 aliphatic rings. The van der Waals surface area contributed by atoms with Gasteiger partial charge >= 0.3 is 6.09 Å². The fourth-order valence-electron chi connectivity index (χ4n) is 4.65. The predicted octanol–water partition coefficient (Wildman–Crippen LogP) is 2.55. The maximum atomic E-state index is 13.7. The zero-order valence-electron chi connectivity index (χ0n) is 24.5. The number of amides is 4. The number of likely N-dealkylation sites (N-methyl/N-ethyl adjacent to an activating group) is 1. The van der Waals surface area contributed by atoms with Crippen molar-refractivity contribution in [3.05, 3.63) is 108 Å². The van der Waals surface area contributed by atoms with E-state index in [4.69, 9.17) is 4.74 Å². The highest BCUT2D eigenvalue weighted by atomic mass is 16.5. The molecule has 11 heteroatoms. The summed E-state index contributed by atoms with van der Waals surface area (Å²) in [5.41, 5.74) is 3.12. The molecule has 0 saturated carbocycles. The van der Waals surface area contributed by atoms with Crippen LogP contribution in [0.15, 0.2) is 91.1 Å². The van der Waals surface area contributed by atoms with Crippen molar-refractivity contribution in [3.8, 4) is 0 Å². The van der Waals surface area contributed by atoms with Crippen LogP contribution in [0.25, 0.3) is 10.9 Å². The van der Waals surface area contributed by atoms with E-state index in [9.17, 15) is 24.0 Å².